The molecule has 0 aromatic heterocycles. The summed E-state index contributed by atoms with van der Waals surface area (Å²) in [6.45, 7) is 5.88. The molecule has 68 valence electrons. The smallest absolute Gasteiger partial charge is 0.302 e. The normalized spacial score (nSPS) is 12.1. The third kappa shape index (κ3) is 7.06. The van der Waals surface area contributed by atoms with Crippen LogP contribution in [-0.4, -0.2) is 12.6 Å². The van der Waals surface area contributed by atoms with Crippen LogP contribution < -0.4 is 0 Å². The average molecular weight is 168 g/mol. The van der Waals surface area contributed by atoms with Gasteiger partial charge in [-0.15, -0.1) is 0 Å². The van der Waals surface area contributed by atoms with Crippen molar-refractivity contribution in [2.24, 2.45) is 0 Å². The van der Waals surface area contributed by atoms with Crippen molar-refractivity contribution in [2.45, 2.75) is 27.2 Å². The minimum atomic E-state index is -0.239. The van der Waals surface area contributed by atoms with Crippen LogP contribution in [0.3, 0.4) is 0 Å². The summed E-state index contributed by atoms with van der Waals surface area (Å²) in [6, 6.07) is 0. The Morgan fingerprint density at radius 2 is 2.08 bits per heavy atom. The lowest BCUT2D eigenvalue weighted by Crippen LogP contribution is -1.97. The molecule has 0 aromatic carbocycles. The van der Waals surface area contributed by atoms with Crippen molar-refractivity contribution >= 4 is 5.97 Å². The lowest BCUT2D eigenvalue weighted by atomic mass is 10.2. The predicted octanol–water partition coefficient (Wildman–Crippen LogP) is 2.46. The van der Waals surface area contributed by atoms with Gasteiger partial charge in [0, 0.05) is 6.92 Å². The first kappa shape index (κ1) is 11.0. The van der Waals surface area contributed by atoms with Gasteiger partial charge in [0.2, 0.25) is 0 Å². The number of carbonyl (C=O) groups excluding carboxylic acids is 1. The van der Waals surface area contributed by atoms with Crippen molar-refractivity contribution in [3.05, 3.63) is 23.8 Å². The van der Waals surface area contributed by atoms with E-state index in [1.165, 1.54) is 12.5 Å². The monoisotopic (exact) mass is 168 g/mol. The molecule has 12 heavy (non-hydrogen) atoms. The van der Waals surface area contributed by atoms with E-state index in [4.69, 9.17) is 4.74 Å². The third-order valence-electron chi connectivity index (χ3n) is 1.29. The number of hydrogen-bond acceptors (Lipinski definition) is 2. The van der Waals surface area contributed by atoms with Gasteiger partial charge in [0.25, 0.3) is 0 Å². The van der Waals surface area contributed by atoms with Crippen molar-refractivity contribution in [1.82, 2.24) is 0 Å². The molecule has 0 saturated carbocycles. The van der Waals surface area contributed by atoms with E-state index in [-0.39, 0.29) is 5.97 Å². The molecule has 0 rings (SSSR count). The second-order valence-corrected chi connectivity index (χ2v) is 2.56. The Morgan fingerprint density at radius 3 is 2.58 bits per heavy atom. The second kappa shape index (κ2) is 6.65. The molecule has 0 unspecified atom stereocenters. The molecular formula is C10H16O2. The SMILES string of the molecule is CC/C=C(C)/C=C/COC(C)=O. The fourth-order valence-corrected chi connectivity index (χ4v) is 0.789. The number of allylic oxidation sites excluding steroid dienone is 3. The summed E-state index contributed by atoms with van der Waals surface area (Å²) >= 11 is 0. The zero-order valence-corrected chi connectivity index (χ0v) is 7.96. The summed E-state index contributed by atoms with van der Waals surface area (Å²) in [6.07, 6.45) is 6.93. The lowest BCUT2D eigenvalue weighted by molar-refractivity contribution is -0.139. The number of ether oxygens (including phenoxy) is 1. The summed E-state index contributed by atoms with van der Waals surface area (Å²) in [5.74, 6) is -0.239. The lowest BCUT2D eigenvalue weighted by Gasteiger charge is -1.94. The first-order valence-corrected chi connectivity index (χ1v) is 4.13. The van der Waals surface area contributed by atoms with Gasteiger partial charge in [0.05, 0.1) is 0 Å². The predicted molar refractivity (Wildman–Crippen MR) is 49.8 cm³/mol. The topological polar surface area (TPSA) is 26.3 Å². The van der Waals surface area contributed by atoms with E-state index in [0.29, 0.717) is 6.61 Å². The minimum Gasteiger partial charge on any atom is -0.462 e. The van der Waals surface area contributed by atoms with Crippen LogP contribution in [0.15, 0.2) is 23.8 Å². The summed E-state index contributed by atoms with van der Waals surface area (Å²) in [4.78, 5) is 10.3. The van der Waals surface area contributed by atoms with E-state index in [0.717, 1.165) is 6.42 Å². The molecule has 0 bridgehead atoms. The Labute approximate surface area is 73.9 Å². The number of hydrogen-bond donors (Lipinski definition) is 0. The average Bonchev–Trinajstić information content (AvgIpc) is 1.98. The molecule has 0 fully saturated rings. The molecule has 0 aliphatic carbocycles. The first-order valence-electron chi connectivity index (χ1n) is 4.13. The quantitative estimate of drug-likeness (QED) is 0.476. The minimum absolute atomic E-state index is 0.239. The molecule has 0 aromatic rings. The van der Waals surface area contributed by atoms with Crippen LogP contribution in [0.1, 0.15) is 27.2 Å². The van der Waals surface area contributed by atoms with Crippen LogP contribution in [0.5, 0.6) is 0 Å². The van der Waals surface area contributed by atoms with Crippen molar-refractivity contribution in [2.75, 3.05) is 6.61 Å². The van der Waals surface area contributed by atoms with Gasteiger partial charge < -0.3 is 4.74 Å². The molecule has 0 amide bonds. The third-order valence-corrected chi connectivity index (χ3v) is 1.29. The van der Waals surface area contributed by atoms with Gasteiger partial charge in [0.1, 0.15) is 6.61 Å². The van der Waals surface area contributed by atoms with Gasteiger partial charge in [0.15, 0.2) is 0 Å². The van der Waals surface area contributed by atoms with Crippen molar-refractivity contribution in [3.63, 3.8) is 0 Å². The molecule has 0 radical (unpaired) electrons. The Kier molecular flexibility index (Phi) is 6.07. The molecule has 0 saturated heterocycles. The summed E-state index contributed by atoms with van der Waals surface area (Å²) in [5, 5.41) is 0. The highest BCUT2D eigenvalue weighted by molar-refractivity contribution is 5.66. The van der Waals surface area contributed by atoms with E-state index >= 15 is 0 Å². The fourth-order valence-electron chi connectivity index (χ4n) is 0.789. The Bertz CT molecular complexity index is 190. The van der Waals surface area contributed by atoms with Crippen LogP contribution in [0.4, 0.5) is 0 Å². The maximum atomic E-state index is 10.3. The highest BCUT2D eigenvalue weighted by Crippen LogP contribution is 1.96. The Morgan fingerprint density at radius 1 is 1.42 bits per heavy atom. The van der Waals surface area contributed by atoms with E-state index in [2.05, 4.69) is 13.0 Å². The van der Waals surface area contributed by atoms with Gasteiger partial charge >= 0.3 is 5.97 Å². The Hall–Kier alpha value is -1.05. The fraction of sp³-hybridized carbons (Fsp3) is 0.500. The van der Waals surface area contributed by atoms with Gasteiger partial charge in [-0.1, -0.05) is 24.6 Å². The molecule has 0 atom stereocenters. The van der Waals surface area contributed by atoms with Crippen molar-refractivity contribution in [3.8, 4) is 0 Å². The van der Waals surface area contributed by atoms with E-state index in [1.54, 1.807) is 0 Å². The highest BCUT2D eigenvalue weighted by atomic mass is 16.5. The zero-order chi connectivity index (χ0) is 9.40. The standard InChI is InChI=1S/C10H16O2/c1-4-6-9(2)7-5-8-12-10(3)11/h5-7H,4,8H2,1-3H3/b7-5+,9-6+. The summed E-state index contributed by atoms with van der Waals surface area (Å²) in [5.41, 5.74) is 1.20. The van der Waals surface area contributed by atoms with Crippen LogP contribution >= 0.6 is 0 Å². The molecule has 2 heteroatoms. The molecular weight excluding hydrogens is 152 g/mol. The molecule has 0 spiro atoms. The van der Waals surface area contributed by atoms with Gasteiger partial charge in [-0.3, -0.25) is 4.79 Å². The number of rotatable bonds is 4. The van der Waals surface area contributed by atoms with Crippen LogP contribution in [0.2, 0.25) is 0 Å². The second-order valence-electron chi connectivity index (χ2n) is 2.56. The molecule has 0 heterocycles. The van der Waals surface area contributed by atoms with E-state index < -0.39 is 0 Å². The highest BCUT2D eigenvalue weighted by Gasteiger charge is 1.86. The van der Waals surface area contributed by atoms with Gasteiger partial charge in [-0.05, 0) is 19.4 Å². The number of esters is 1. The van der Waals surface area contributed by atoms with Crippen molar-refractivity contribution in [1.29, 1.82) is 0 Å². The van der Waals surface area contributed by atoms with E-state index in [1.807, 2.05) is 19.1 Å². The van der Waals surface area contributed by atoms with E-state index in [9.17, 15) is 4.79 Å². The Balaban J connectivity index is 3.61. The summed E-state index contributed by atoms with van der Waals surface area (Å²) < 4.78 is 4.72. The molecule has 0 aliphatic rings. The molecule has 0 N–H and O–H groups in total. The largest absolute Gasteiger partial charge is 0.462 e. The molecule has 2 nitrogen and oxygen atoms in total. The maximum absolute atomic E-state index is 10.3. The zero-order valence-electron chi connectivity index (χ0n) is 7.96. The summed E-state index contributed by atoms with van der Waals surface area (Å²) in [7, 11) is 0. The van der Waals surface area contributed by atoms with Gasteiger partial charge in [-0.25, -0.2) is 0 Å². The number of carbonyl (C=O) groups is 1. The van der Waals surface area contributed by atoms with Crippen LogP contribution in [0.25, 0.3) is 0 Å². The van der Waals surface area contributed by atoms with Crippen molar-refractivity contribution < 1.29 is 9.53 Å². The van der Waals surface area contributed by atoms with Gasteiger partial charge in [-0.2, -0.15) is 0 Å². The van der Waals surface area contributed by atoms with Crippen LogP contribution in [0, 0.1) is 0 Å². The first-order chi connectivity index (χ1) is 5.66. The maximum Gasteiger partial charge on any atom is 0.302 e. The van der Waals surface area contributed by atoms with Crippen LogP contribution in [-0.2, 0) is 9.53 Å². The molecule has 0 aliphatic heterocycles.